The van der Waals surface area contributed by atoms with E-state index in [-0.39, 0.29) is 0 Å². The molecule has 1 saturated carbocycles. The van der Waals surface area contributed by atoms with Crippen molar-refractivity contribution < 1.29 is 9.47 Å². The van der Waals surface area contributed by atoms with Gasteiger partial charge in [-0.25, -0.2) is 0 Å². The number of methoxy groups -OCH3 is 1. The lowest BCUT2D eigenvalue weighted by Gasteiger charge is -2.20. The van der Waals surface area contributed by atoms with Gasteiger partial charge in [0.2, 0.25) is 0 Å². The molecule has 5 nitrogen and oxygen atoms in total. The number of guanidine groups is 1. The van der Waals surface area contributed by atoms with Crippen molar-refractivity contribution in [3.05, 3.63) is 23.8 Å². The van der Waals surface area contributed by atoms with E-state index in [1.54, 1.807) is 14.2 Å². The van der Waals surface area contributed by atoms with Crippen LogP contribution in [0.15, 0.2) is 23.2 Å². The molecule has 0 bridgehead atoms. The first-order valence-electron chi connectivity index (χ1n) is 9.05. The molecule has 0 unspecified atom stereocenters. The number of aliphatic imine (C=N–C) groups is 1. The average Bonchev–Trinajstić information content (AvgIpc) is 3.12. The topological polar surface area (TPSA) is 54.9 Å². The van der Waals surface area contributed by atoms with Crippen LogP contribution in [0.1, 0.15) is 51.0 Å². The maximum atomic E-state index is 6.27. The third kappa shape index (κ3) is 5.32. The molecule has 0 radical (unpaired) electrons. The summed E-state index contributed by atoms with van der Waals surface area (Å²) in [5.41, 5.74) is 1.10. The minimum absolute atomic E-state index is 0.307. The van der Waals surface area contributed by atoms with E-state index in [2.05, 4.69) is 28.6 Å². The van der Waals surface area contributed by atoms with Crippen LogP contribution >= 0.6 is 0 Å². The summed E-state index contributed by atoms with van der Waals surface area (Å²) in [5.74, 6) is 2.48. The van der Waals surface area contributed by atoms with Crippen LogP contribution in [0.25, 0.3) is 0 Å². The highest BCUT2D eigenvalue weighted by Crippen LogP contribution is 2.34. The van der Waals surface area contributed by atoms with Gasteiger partial charge in [0, 0.05) is 25.7 Å². The average molecular weight is 333 g/mol. The zero-order valence-corrected chi connectivity index (χ0v) is 15.2. The normalized spacial score (nSPS) is 15.4. The van der Waals surface area contributed by atoms with Crippen molar-refractivity contribution in [3.8, 4) is 11.5 Å². The van der Waals surface area contributed by atoms with Gasteiger partial charge in [-0.15, -0.1) is 0 Å². The third-order valence-electron chi connectivity index (χ3n) is 4.36. The van der Waals surface area contributed by atoms with Crippen molar-refractivity contribution in [3.63, 3.8) is 0 Å². The number of nitrogens with one attached hydrogen (secondary N) is 2. The predicted octanol–water partition coefficient (Wildman–Crippen LogP) is 3.48. The van der Waals surface area contributed by atoms with Gasteiger partial charge in [-0.3, -0.25) is 4.99 Å². The van der Waals surface area contributed by atoms with Crippen LogP contribution in [0, 0.1) is 0 Å². The molecule has 0 saturated heterocycles. The van der Waals surface area contributed by atoms with Gasteiger partial charge >= 0.3 is 0 Å². The summed E-state index contributed by atoms with van der Waals surface area (Å²) >= 11 is 0. The summed E-state index contributed by atoms with van der Waals surface area (Å²) in [5, 5.41) is 6.69. The van der Waals surface area contributed by atoms with Crippen molar-refractivity contribution in [2.75, 3.05) is 20.7 Å². The molecule has 24 heavy (non-hydrogen) atoms. The molecule has 134 valence electrons. The van der Waals surface area contributed by atoms with E-state index in [0.29, 0.717) is 12.6 Å². The number of rotatable bonds is 8. The number of benzene rings is 1. The second-order valence-corrected chi connectivity index (χ2v) is 6.18. The zero-order valence-electron chi connectivity index (χ0n) is 15.2. The lowest BCUT2D eigenvalue weighted by atomic mass is 10.1. The van der Waals surface area contributed by atoms with Crippen molar-refractivity contribution in [2.24, 2.45) is 4.99 Å². The van der Waals surface area contributed by atoms with Crippen LogP contribution in [0.5, 0.6) is 11.5 Å². The Kier molecular flexibility index (Phi) is 7.72. The first-order valence-corrected chi connectivity index (χ1v) is 9.05. The highest BCUT2D eigenvalue weighted by Gasteiger charge is 2.20. The maximum Gasteiger partial charge on any atom is 0.191 e. The summed E-state index contributed by atoms with van der Waals surface area (Å²) < 4.78 is 11.8. The molecule has 5 heteroatoms. The first kappa shape index (κ1) is 18.4. The Morgan fingerprint density at radius 3 is 2.71 bits per heavy atom. The van der Waals surface area contributed by atoms with E-state index in [1.165, 1.54) is 19.3 Å². The Hall–Kier alpha value is -1.91. The molecule has 0 atom stereocenters. The fourth-order valence-electron chi connectivity index (χ4n) is 2.95. The molecular formula is C19H31N3O2. The SMILES string of the molecule is CCCCNC(=NC)NCc1cccc(OC)c1OC1CCCC1. The Morgan fingerprint density at radius 2 is 2.04 bits per heavy atom. The van der Waals surface area contributed by atoms with E-state index in [9.17, 15) is 0 Å². The standard InChI is InChI=1S/C19H31N3O2/c1-4-5-13-21-19(20-2)22-14-15-9-8-12-17(23-3)18(15)24-16-10-6-7-11-16/h8-9,12,16H,4-7,10-11,13-14H2,1-3H3,(H2,20,21,22). The molecule has 0 heterocycles. The van der Waals surface area contributed by atoms with E-state index in [0.717, 1.165) is 48.8 Å². The largest absolute Gasteiger partial charge is 0.493 e. The summed E-state index contributed by atoms with van der Waals surface area (Å²) in [6.45, 7) is 3.77. The van der Waals surface area contributed by atoms with Gasteiger partial charge in [0.1, 0.15) is 0 Å². The molecule has 2 N–H and O–H groups in total. The van der Waals surface area contributed by atoms with Gasteiger partial charge in [-0.05, 0) is 38.2 Å². The second kappa shape index (κ2) is 10.1. The molecular weight excluding hydrogens is 302 g/mol. The van der Waals surface area contributed by atoms with Crippen LogP contribution in [-0.4, -0.2) is 32.8 Å². The van der Waals surface area contributed by atoms with E-state index in [4.69, 9.17) is 9.47 Å². The van der Waals surface area contributed by atoms with E-state index in [1.807, 2.05) is 12.1 Å². The monoisotopic (exact) mass is 333 g/mol. The van der Waals surface area contributed by atoms with Crippen molar-refractivity contribution in [1.29, 1.82) is 0 Å². The number of ether oxygens (including phenoxy) is 2. The summed E-state index contributed by atoms with van der Waals surface area (Å²) in [7, 11) is 3.49. The Bertz CT molecular complexity index is 525. The minimum atomic E-state index is 0.307. The number of unbranched alkanes of at least 4 members (excludes halogenated alkanes) is 1. The first-order chi connectivity index (χ1) is 11.8. The van der Waals surface area contributed by atoms with Gasteiger partial charge in [-0.2, -0.15) is 0 Å². The molecule has 0 aromatic heterocycles. The number of para-hydroxylation sites is 1. The molecule has 2 rings (SSSR count). The molecule has 1 aromatic carbocycles. The van der Waals surface area contributed by atoms with Crippen LogP contribution in [0.4, 0.5) is 0 Å². The van der Waals surface area contributed by atoms with Crippen LogP contribution < -0.4 is 20.1 Å². The molecule has 1 fully saturated rings. The second-order valence-electron chi connectivity index (χ2n) is 6.18. The number of nitrogens with zero attached hydrogens (tertiary/aromatic N) is 1. The fraction of sp³-hybridized carbons (Fsp3) is 0.632. The molecule has 1 aromatic rings. The molecule has 0 aliphatic heterocycles. The minimum Gasteiger partial charge on any atom is -0.493 e. The Balaban J connectivity index is 2.02. The summed E-state index contributed by atoms with van der Waals surface area (Å²) in [4.78, 5) is 4.27. The number of hydrogen-bond donors (Lipinski definition) is 2. The highest BCUT2D eigenvalue weighted by molar-refractivity contribution is 5.79. The summed E-state index contributed by atoms with van der Waals surface area (Å²) in [6.07, 6.45) is 7.37. The van der Waals surface area contributed by atoms with Gasteiger partial charge in [0.05, 0.1) is 13.2 Å². The van der Waals surface area contributed by atoms with Gasteiger partial charge in [-0.1, -0.05) is 25.5 Å². The molecule has 0 amide bonds. The number of hydrogen-bond acceptors (Lipinski definition) is 3. The van der Waals surface area contributed by atoms with Crippen LogP contribution in [0.2, 0.25) is 0 Å². The van der Waals surface area contributed by atoms with Gasteiger partial charge < -0.3 is 20.1 Å². The Morgan fingerprint density at radius 1 is 1.25 bits per heavy atom. The molecule has 1 aliphatic carbocycles. The van der Waals surface area contributed by atoms with Crippen molar-refractivity contribution >= 4 is 5.96 Å². The lowest BCUT2D eigenvalue weighted by Crippen LogP contribution is -2.37. The van der Waals surface area contributed by atoms with E-state index < -0.39 is 0 Å². The van der Waals surface area contributed by atoms with Crippen molar-refractivity contribution in [2.45, 2.75) is 58.1 Å². The zero-order chi connectivity index (χ0) is 17.2. The predicted molar refractivity (Wildman–Crippen MR) is 99.0 cm³/mol. The van der Waals surface area contributed by atoms with Crippen LogP contribution in [-0.2, 0) is 6.54 Å². The fourth-order valence-corrected chi connectivity index (χ4v) is 2.95. The highest BCUT2D eigenvalue weighted by atomic mass is 16.5. The van der Waals surface area contributed by atoms with Crippen molar-refractivity contribution in [1.82, 2.24) is 10.6 Å². The smallest absolute Gasteiger partial charge is 0.191 e. The third-order valence-corrected chi connectivity index (χ3v) is 4.36. The molecule has 1 aliphatic rings. The lowest BCUT2D eigenvalue weighted by molar-refractivity contribution is 0.198. The van der Waals surface area contributed by atoms with Gasteiger partial charge in [0.15, 0.2) is 17.5 Å². The summed E-state index contributed by atoms with van der Waals surface area (Å²) in [6, 6.07) is 6.05. The Labute approximate surface area is 145 Å². The van der Waals surface area contributed by atoms with Crippen LogP contribution in [0.3, 0.4) is 0 Å². The maximum absolute atomic E-state index is 6.27. The van der Waals surface area contributed by atoms with E-state index >= 15 is 0 Å². The quantitative estimate of drug-likeness (QED) is 0.434. The van der Waals surface area contributed by atoms with Gasteiger partial charge in [0.25, 0.3) is 0 Å². The molecule has 0 spiro atoms.